The van der Waals surface area contributed by atoms with Gasteiger partial charge in [-0.15, -0.1) is 0 Å². The minimum atomic E-state index is 0.530. The van der Waals surface area contributed by atoms with Crippen LogP contribution in [0.25, 0.3) is 0 Å². The van der Waals surface area contributed by atoms with Crippen molar-refractivity contribution in [1.29, 1.82) is 0 Å². The summed E-state index contributed by atoms with van der Waals surface area (Å²) < 4.78 is 4.90. The summed E-state index contributed by atoms with van der Waals surface area (Å²) >= 11 is 11.9. The molecule has 1 aromatic rings. The van der Waals surface area contributed by atoms with E-state index in [-0.39, 0.29) is 0 Å². The van der Waals surface area contributed by atoms with Crippen LogP contribution in [0.2, 0.25) is 10.0 Å². The summed E-state index contributed by atoms with van der Waals surface area (Å²) in [5.41, 5.74) is 3.52. The second kappa shape index (κ2) is 8.98. The molecule has 0 spiro atoms. The normalized spacial score (nSPS) is 11.5. The second-order valence-corrected chi connectivity index (χ2v) is 4.62. The molecule has 0 radical (unpaired) electrons. The van der Waals surface area contributed by atoms with Gasteiger partial charge in [-0.3, -0.25) is 5.43 Å². The van der Waals surface area contributed by atoms with Crippen molar-refractivity contribution in [3.63, 3.8) is 0 Å². The van der Waals surface area contributed by atoms with E-state index in [1.54, 1.807) is 13.2 Å². The van der Waals surface area contributed by atoms with Gasteiger partial charge in [0.25, 0.3) is 0 Å². The minimum absolute atomic E-state index is 0.530. The highest BCUT2D eigenvalue weighted by atomic mass is 35.5. The molecule has 0 bridgehead atoms. The molecule has 5 nitrogen and oxygen atoms in total. The highest BCUT2D eigenvalue weighted by Crippen LogP contribution is 2.20. The molecule has 0 saturated carbocycles. The fourth-order valence-electron chi connectivity index (χ4n) is 1.44. The Morgan fingerprint density at radius 1 is 1.42 bits per heavy atom. The van der Waals surface area contributed by atoms with Gasteiger partial charge in [-0.05, 0) is 24.1 Å². The van der Waals surface area contributed by atoms with Gasteiger partial charge in [0, 0.05) is 23.7 Å². The molecule has 0 saturated heterocycles. The monoisotopic (exact) mass is 304 g/mol. The average Bonchev–Trinajstić information content (AvgIpc) is 2.39. The van der Waals surface area contributed by atoms with Gasteiger partial charge in [0.15, 0.2) is 0 Å². The number of ether oxygens (including phenoxy) is 1. The molecule has 0 amide bonds. The van der Waals surface area contributed by atoms with E-state index in [1.807, 2.05) is 12.1 Å². The fraction of sp³-hybridized carbons (Fsp3) is 0.417. The zero-order chi connectivity index (χ0) is 14.1. The summed E-state index contributed by atoms with van der Waals surface area (Å²) in [7, 11) is 1.63. The van der Waals surface area contributed by atoms with Crippen LogP contribution in [0, 0.1) is 0 Å². The topological polar surface area (TPSA) is 71.7 Å². The Labute approximate surface area is 123 Å². The Morgan fingerprint density at radius 2 is 2.21 bits per heavy atom. The lowest BCUT2D eigenvalue weighted by molar-refractivity contribution is 0.208. The van der Waals surface area contributed by atoms with Gasteiger partial charge in [0.1, 0.15) is 0 Å². The quantitative estimate of drug-likeness (QED) is 0.245. The number of nitrogens with zero attached hydrogens (tertiary/aromatic N) is 1. The van der Waals surface area contributed by atoms with Crippen molar-refractivity contribution in [1.82, 2.24) is 10.7 Å². The molecular weight excluding hydrogens is 287 g/mol. The number of halogens is 2. The first-order chi connectivity index (χ1) is 9.17. The van der Waals surface area contributed by atoms with Gasteiger partial charge in [-0.1, -0.05) is 29.3 Å². The molecule has 7 heteroatoms. The third kappa shape index (κ3) is 6.11. The first-order valence-corrected chi connectivity index (χ1v) is 6.60. The van der Waals surface area contributed by atoms with Crippen molar-refractivity contribution in [2.75, 3.05) is 26.8 Å². The van der Waals surface area contributed by atoms with Crippen LogP contribution in [0.3, 0.4) is 0 Å². The van der Waals surface area contributed by atoms with Crippen LogP contribution < -0.4 is 16.6 Å². The number of guanidine groups is 1. The summed E-state index contributed by atoms with van der Waals surface area (Å²) in [6.45, 7) is 1.76. The van der Waals surface area contributed by atoms with E-state index in [1.165, 1.54) is 0 Å². The lowest BCUT2D eigenvalue weighted by Crippen LogP contribution is -2.42. The maximum absolute atomic E-state index is 6.08. The first-order valence-electron chi connectivity index (χ1n) is 5.85. The summed E-state index contributed by atoms with van der Waals surface area (Å²) in [4.78, 5) is 4.19. The highest BCUT2D eigenvalue weighted by Gasteiger charge is 2.02. The number of hydrogen-bond acceptors (Lipinski definition) is 3. The molecule has 19 heavy (non-hydrogen) atoms. The van der Waals surface area contributed by atoms with Crippen LogP contribution >= 0.6 is 23.2 Å². The van der Waals surface area contributed by atoms with Crippen molar-refractivity contribution < 1.29 is 4.74 Å². The maximum Gasteiger partial charge on any atom is 0.205 e. The van der Waals surface area contributed by atoms with E-state index < -0.39 is 0 Å². The third-order valence-corrected chi connectivity index (χ3v) is 2.99. The molecule has 0 aliphatic heterocycles. The molecule has 106 valence electrons. The molecule has 0 unspecified atom stereocenters. The molecule has 0 aromatic heterocycles. The Morgan fingerprint density at radius 3 is 2.84 bits per heavy atom. The Balaban J connectivity index is 2.41. The number of hydrazine groups is 1. The van der Waals surface area contributed by atoms with E-state index >= 15 is 0 Å². The number of hydrogen-bond donors (Lipinski definition) is 3. The standard InChI is InChI=1S/C12H18Cl2N4O/c1-19-7-6-17-12(18-15)16-5-4-9-2-3-10(13)8-11(9)14/h2-3,8H,4-7,15H2,1H3,(H2,16,17,18). The largest absolute Gasteiger partial charge is 0.383 e. The Bertz CT molecular complexity index is 426. The van der Waals surface area contributed by atoms with Gasteiger partial charge < -0.3 is 10.1 Å². The van der Waals surface area contributed by atoms with Crippen molar-refractivity contribution in [3.05, 3.63) is 33.8 Å². The fourth-order valence-corrected chi connectivity index (χ4v) is 1.94. The number of methoxy groups -OCH3 is 1. The number of aliphatic imine (C=N–C) groups is 1. The van der Waals surface area contributed by atoms with E-state index in [0.717, 1.165) is 12.0 Å². The average molecular weight is 305 g/mol. The first kappa shape index (κ1) is 16.0. The Hall–Kier alpha value is -1.01. The van der Waals surface area contributed by atoms with Crippen molar-refractivity contribution in [2.24, 2.45) is 10.8 Å². The molecule has 0 aliphatic carbocycles. The van der Waals surface area contributed by atoms with Gasteiger partial charge in [0.2, 0.25) is 5.96 Å². The number of benzene rings is 1. The van der Waals surface area contributed by atoms with Crippen LogP contribution in [0.15, 0.2) is 23.2 Å². The van der Waals surface area contributed by atoms with E-state index in [9.17, 15) is 0 Å². The molecule has 0 heterocycles. The zero-order valence-electron chi connectivity index (χ0n) is 10.7. The van der Waals surface area contributed by atoms with Gasteiger partial charge in [-0.25, -0.2) is 10.8 Å². The number of rotatable bonds is 6. The van der Waals surface area contributed by atoms with Gasteiger partial charge in [0.05, 0.1) is 13.2 Å². The predicted octanol–water partition coefficient (Wildman–Crippen LogP) is 1.59. The van der Waals surface area contributed by atoms with E-state index in [0.29, 0.717) is 35.7 Å². The van der Waals surface area contributed by atoms with Crippen molar-refractivity contribution in [3.8, 4) is 0 Å². The molecule has 0 fully saturated rings. The minimum Gasteiger partial charge on any atom is -0.383 e. The van der Waals surface area contributed by atoms with E-state index in [4.69, 9.17) is 33.8 Å². The molecular formula is C12H18Cl2N4O. The molecule has 1 aromatic carbocycles. The van der Waals surface area contributed by atoms with Crippen molar-refractivity contribution in [2.45, 2.75) is 6.42 Å². The SMILES string of the molecule is COCCN=C(NN)NCCc1ccc(Cl)cc1Cl. The number of nitrogens with one attached hydrogen (secondary N) is 2. The third-order valence-electron chi connectivity index (χ3n) is 2.40. The Kier molecular flexibility index (Phi) is 7.59. The van der Waals surface area contributed by atoms with Crippen LogP contribution in [-0.4, -0.2) is 32.8 Å². The smallest absolute Gasteiger partial charge is 0.205 e. The summed E-state index contributed by atoms with van der Waals surface area (Å²) in [6.07, 6.45) is 0.751. The lowest BCUT2D eigenvalue weighted by atomic mass is 10.1. The molecule has 4 N–H and O–H groups in total. The van der Waals surface area contributed by atoms with Crippen LogP contribution in [0.5, 0.6) is 0 Å². The van der Waals surface area contributed by atoms with Crippen LogP contribution in [0.4, 0.5) is 0 Å². The van der Waals surface area contributed by atoms with Crippen molar-refractivity contribution >= 4 is 29.2 Å². The second-order valence-electron chi connectivity index (χ2n) is 3.78. The maximum atomic E-state index is 6.08. The van der Waals surface area contributed by atoms with Crippen LogP contribution in [-0.2, 0) is 11.2 Å². The van der Waals surface area contributed by atoms with Gasteiger partial charge in [-0.2, -0.15) is 0 Å². The summed E-state index contributed by atoms with van der Waals surface area (Å²) in [6, 6.07) is 5.45. The lowest BCUT2D eigenvalue weighted by Gasteiger charge is -2.10. The predicted molar refractivity (Wildman–Crippen MR) is 79.7 cm³/mol. The molecule has 0 atom stereocenters. The molecule has 0 aliphatic rings. The number of nitrogens with two attached hydrogens (primary N) is 1. The van der Waals surface area contributed by atoms with Crippen LogP contribution in [0.1, 0.15) is 5.56 Å². The molecule has 1 rings (SSSR count). The van der Waals surface area contributed by atoms with E-state index in [2.05, 4.69) is 15.7 Å². The summed E-state index contributed by atoms with van der Waals surface area (Å²) in [5, 5.41) is 4.38. The summed E-state index contributed by atoms with van der Waals surface area (Å²) in [5.74, 6) is 5.89. The van der Waals surface area contributed by atoms with Gasteiger partial charge >= 0.3 is 0 Å². The zero-order valence-corrected chi connectivity index (χ0v) is 12.3. The highest BCUT2D eigenvalue weighted by molar-refractivity contribution is 6.35.